The third kappa shape index (κ3) is 11.5. The Labute approximate surface area is 68.2 Å². The van der Waals surface area contributed by atoms with Gasteiger partial charge in [0.2, 0.25) is 10.5 Å². The van der Waals surface area contributed by atoms with Gasteiger partial charge in [-0.2, -0.15) is 0 Å². The van der Waals surface area contributed by atoms with Gasteiger partial charge < -0.3 is 0 Å². The van der Waals surface area contributed by atoms with Crippen LogP contribution in [0.3, 0.4) is 0 Å². The molecule has 0 unspecified atom stereocenters. The van der Waals surface area contributed by atoms with Crippen LogP contribution >= 0.6 is 35.6 Å². The summed E-state index contributed by atoms with van der Waals surface area (Å²) in [6, 6.07) is 0. The maximum atomic E-state index is 9.82. The molecule has 0 saturated heterocycles. The molecule has 0 aromatic heterocycles. The van der Waals surface area contributed by atoms with E-state index in [0.717, 1.165) is 12.2 Å². The Bertz CT molecular complexity index is 125. The van der Waals surface area contributed by atoms with Crippen molar-refractivity contribution in [3.8, 4) is 0 Å². The van der Waals surface area contributed by atoms with Crippen LogP contribution in [0.2, 0.25) is 0 Å². The lowest BCUT2D eigenvalue weighted by molar-refractivity contribution is -0.109. The zero-order valence-corrected chi connectivity index (χ0v) is 6.46. The van der Waals surface area contributed by atoms with Crippen LogP contribution in [0.1, 0.15) is 0 Å². The monoisotopic (exact) mass is 188 g/mol. The molecule has 2 nitrogen and oxygen atoms in total. The van der Waals surface area contributed by atoms with Crippen LogP contribution in [0, 0.1) is 0 Å². The molecule has 0 aliphatic rings. The van der Waals surface area contributed by atoms with E-state index in [4.69, 9.17) is 23.2 Å². The van der Waals surface area contributed by atoms with Gasteiger partial charge in [-0.15, -0.1) is 12.4 Å². The first-order valence-corrected chi connectivity index (χ1v) is 2.45. The molecule has 0 bridgehead atoms. The van der Waals surface area contributed by atoms with Crippen molar-refractivity contribution < 1.29 is 9.59 Å². The molecule has 0 rings (SSSR count). The molecule has 0 fully saturated rings. The summed E-state index contributed by atoms with van der Waals surface area (Å²) >= 11 is 9.57. The van der Waals surface area contributed by atoms with E-state index in [1.165, 1.54) is 0 Å². The lowest BCUT2D eigenvalue weighted by Crippen LogP contribution is -1.79. The van der Waals surface area contributed by atoms with Crippen molar-refractivity contribution in [1.82, 2.24) is 0 Å². The fourth-order valence-electron chi connectivity index (χ4n) is 0.131. The maximum Gasteiger partial charge on any atom is 0.245 e. The SMILES string of the molecule is Cl.O=C(Cl)C=CC(=O)Cl. The normalized spacial score (nSPS) is 8.67. The van der Waals surface area contributed by atoms with Crippen molar-refractivity contribution in [2.24, 2.45) is 0 Å². The summed E-state index contributed by atoms with van der Waals surface area (Å²) in [4.78, 5) is 19.6. The van der Waals surface area contributed by atoms with E-state index in [-0.39, 0.29) is 12.4 Å². The fourth-order valence-corrected chi connectivity index (χ4v) is 0.257. The molecule has 0 saturated carbocycles. The highest BCUT2D eigenvalue weighted by atomic mass is 35.5. The minimum atomic E-state index is -0.709. The van der Waals surface area contributed by atoms with E-state index in [1.54, 1.807) is 0 Å². The van der Waals surface area contributed by atoms with Gasteiger partial charge in [-0.05, 0) is 23.2 Å². The lowest BCUT2D eigenvalue weighted by Gasteiger charge is -1.70. The van der Waals surface area contributed by atoms with Gasteiger partial charge in [0.05, 0.1) is 0 Å². The Kier molecular flexibility index (Phi) is 7.91. The minimum absolute atomic E-state index is 0. The predicted octanol–water partition coefficient (Wildman–Crippen LogP) is 1.50. The predicted molar refractivity (Wildman–Crippen MR) is 38.1 cm³/mol. The lowest BCUT2D eigenvalue weighted by atomic mass is 10.6. The smallest absolute Gasteiger partial charge is 0.245 e. The van der Waals surface area contributed by atoms with Crippen molar-refractivity contribution in [1.29, 1.82) is 0 Å². The summed E-state index contributed by atoms with van der Waals surface area (Å²) in [5, 5.41) is -1.42. The molecular weight excluding hydrogens is 186 g/mol. The van der Waals surface area contributed by atoms with E-state index >= 15 is 0 Å². The maximum absolute atomic E-state index is 9.82. The van der Waals surface area contributed by atoms with Crippen molar-refractivity contribution in [3.05, 3.63) is 12.2 Å². The summed E-state index contributed by atoms with van der Waals surface area (Å²) in [7, 11) is 0. The molecule has 0 aromatic rings. The van der Waals surface area contributed by atoms with Crippen molar-refractivity contribution in [2.75, 3.05) is 0 Å². The van der Waals surface area contributed by atoms with Crippen LogP contribution in [0.25, 0.3) is 0 Å². The van der Waals surface area contributed by atoms with Gasteiger partial charge in [-0.25, -0.2) is 0 Å². The number of hydrogen-bond donors (Lipinski definition) is 0. The molecule has 0 radical (unpaired) electrons. The molecule has 0 amide bonds. The zero-order chi connectivity index (χ0) is 6.57. The van der Waals surface area contributed by atoms with Gasteiger partial charge in [0.15, 0.2) is 0 Å². The van der Waals surface area contributed by atoms with E-state index < -0.39 is 10.5 Å². The van der Waals surface area contributed by atoms with Crippen LogP contribution in [-0.4, -0.2) is 10.5 Å². The average Bonchev–Trinajstić information content (AvgIpc) is 1.61. The molecule has 9 heavy (non-hydrogen) atoms. The topological polar surface area (TPSA) is 34.1 Å². The van der Waals surface area contributed by atoms with Gasteiger partial charge >= 0.3 is 0 Å². The largest absolute Gasteiger partial charge is 0.276 e. The molecule has 0 aliphatic carbocycles. The van der Waals surface area contributed by atoms with Gasteiger partial charge in [-0.3, -0.25) is 9.59 Å². The number of rotatable bonds is 2. The molecule has 52 valence electrons. The van der Waals surface area contributed by atoms with Crippen molar-refractivity contribution in [2.45, 2.75) is 0 Å². The number of carbonyl (C=O) groups excluding carboxylic acids is 2. The molecule has 0 aromatic carbocycles. The van der Waals surface area contributed by atoms with Crippen LogP contribution in [0.4, 0.5) is 0 Å². The molecule has 5 heteroatoms. The second-order valence-electron chi connectivity index (χ2n) is 0.942. The third-order valence-electron chi connectivity index (χ3n) is 0.345. The third-order valence-corrected chi connectivity index (χ3v) is 0.597. The van der Waals surface area contributed by atoms with Gasteiger partial charge in [0.25, 0.3) is 0 Å². The van der Waals surface area contributed by atoms with Crippen LogP contribution in [0.15, 0.2) is 12.2 Å². The van der Waals surface area contributed by atoms with Crippen molar-refractivity contribution >= 4 is 46.1 Å². The van der Waals surface area contributed by atoms with Gasteiger partial charge in [0.1, 0.15) is 0 Å². The van der Waals surface area contributed by atoms with Crippen molar-refractivity contribution in [3.63, 3.8) is 0 Å². The Morgan fingerprint density at radius 2 is 1.22 bits per heavy atom. The first-order chi connectivity index (χ1) is 3.63. The fraction of sp³-hybridized carbons (Fsp3) is 0. The molecule has 0 aliphatic heterocycles. The van der Waals surface area contributed by atoms with Gasteiger partial charge in [-0.1, -0.05) is 0 Å². The highest BCUT2D eigenvalue weighted by Gasteiger charge is 1.87. The number of halogens is 3. The Balaban J connectivity index is 0. The summed E-state index contributed by atoms with van der Waals surface area (Å²) in [5.41, 5.74) is 0. The molecule has 0 spiro atoms. The first-order valence-electron chi connectivity index (χ1n) is 1.70. The summed E-state index contributed by atoms with van der Waals surface area (Å²) in [6.45, 7) is 0. The number of carbonyl (C=O) groups is 2. The number of allylic oxidation sites excluding steroid dienone is 2. The quantitative estimate of drug-likeness (QED) is 0.487. The second kappa shape index (κ2) is 6.08. The van der Waals surface area contributed by atoms with E-state index in [0.29, 0.717) is 0 Å². The summed E-state index contributed by atoms with van der Waals surface area (Å²) in [6.07, 6.45) is 1.77. The highest BCUT2D eigenvalue weighted by molar-refractivity contribution is 6.69. The van der Waals surface area contributed by atoms with Gasteiger partial charge in [0, 0.05) is 12.2 Å². The van der Waals surface area contributed by atoms with E-state index in [9.17, 15) is 9.59 Å². The summed E-state index contributed by atoms with van der Waals surface area (Å²) < 4.78 is 0. The second-order valence-corrected chi connectivity index (χ2v) is 1.69. The molecule has 0 heterocycles. The molecule has 0 N–H and O–H groups in total. The summed E-state index contributed by atoms with van der Waals surface area (Å²) in [5.74, 6) is 0. The Morgan fingerprint density at radius 3 is 1.33 bits per heavy atom. The first kappa shape index (κ1) is 11.7. The zero-order valence-electron chi connectivity index (χ0n) is 4.14. The standard InChI is InChI=1S/C4H2Cl2O2.ClH/c5-3(7)1-2-4(6)8;/h1-2H;1H. The molecular formula is C4H3Cl3O2. The number of hydrogen-bond acceptors (Lipinski definition) is 2. The Hall–Kier alpha value is -0.0500. The average molecular weight is 189 g/mol. The Morgan fingerprint density at radius 1 is 1.00 bits per heavy atom. The van der Waals surface area contributed by atoms with Crippen LogP contribution in [0.5, 0.6) is 0 Å². The van der Waals surface area contributed by atoms with Crippen LogP contribution in [-0.2, 0) is 9.59 Å². The highest BCUT2D eigenvalue weighted by Crippen LogP contribution is 1.85. The molecule has 0 atom stereocenters. The van der Waals surface area contributed by atoms with Crippen LogP contribution < -0.4 is 0 Å². The van der Waals surface area contributed by atoms with E-state index in [1.807, 2.05) is 0 Å². The minimum Gasteiger partial charge on any atom is -0.276 e. The van der Waals surface area contributed by atoms with E-state index in [2.05, 4.69) is 0 Å².